The highest BCUT2D eigenvalue weighted by Crippen LogP contribution is 2.47. The third kappa shape index (κ3) is 4.81. The number of ketones is 1. The molecule has 5 nitrogen and oxygen atoms in total. The SMILES string of the molecule is O=C1CC(c2c(Cl)ccc(N3CCN(C4COC4)CC3)c2Cl)CC(O)=C1Sc1ccccc1Cl. The lowest BCUT2D eigenvalue weighted by molar-refractivity contribution is -0.115. The standard InChI is InChI=1S/C25H25Cl3N2O3S/c26-17-3-1-2-4-22(17)34-25-20(31)11-15(12-21(25)32)23-18(27)5-6-19(24(23)28)30-9-7-29(8-10-30)16-13-33-14-16/h1-6,15-16,31H,7-14H2. The van der Waals surface area contributed by atoms with Gasteiger partial charge in [0.2, 0.25) is 0 Å². The van der Waals surface area contributed by atoms with Crippen LogP contribution in [0.1, 0.15) is 24.3 Å². The summed E-state index contributed by atoms with van der Waals surface area (Å²) >= 11 is 21.0. The summed E-state index contributed by atoms with van der Waals surface area (Å²) in [5.41, 5.74) is 1.66. The number of Topliss-reactive ketones (excluding diaryl/α,β-unsaturated/α-hetero) is 1. The van der Waals surface area contributed by atoms with Gasteiger partial charge in [0.15, 0.2) is 5.78 Å². The van der Waals surface area contributed by atoms with Gasteiger partial charge in [0.05, 0.1) is 39.9 Å². The Balaban J connectivity index is 1.35. The van der Waals surface area contributed by atoms with Crippen molar-refractivity contribution in [3.8, 4) is 0 Å². The van der Waals surface area contributed by atoms with Crippen LogP contribution < -0.4 is 4.90 Å². The van der Waals surface area contributed by atoms with E-state index in [0.29, 0.717) is 32.4 Å². The molecule has 1 N–H and O–H groups in total. The number of benzene rings is 2. The maximum Gasteiger partial charge on any atom is 0.173 e. The molecule has 2 aromatic carbocycles. The Hall–Kier alpha value is -1.41. The summed E-state index contributed by atoms with van der Waals surface area (Å²) in [6, 6.07) is 11.6. The first-order valence-electron chi connectivity index (χ1n) is 11.3. The molecule has 9 heteroatoms. The summed E-state index contributed by atoms with van der Waals surface area (Å²) in [6.07, 6.45) is 0.534. The minimum atomic E-state index is -0.281. The normalized spacial score (nSPS) is 22.3. The Labute approximate surface area is 218 Å². The van der Waals surface area contributed by atoms with Crippen LogP contribution in [-0.4, -0.2) is 61.2 Å². The van der Waals surface area contributed by atoms with E-state index in [1.165, 1.54) is 11.8 Å². The molecule has 0 amide bonds. The van der Waals surface area contributed by atoms with E-state index in [0.717, 1.165) is 55.5 Å². The lowest BCUT2D eigenvalue weighted by Gasteiger charge is -2.43. The molecule has 1 aliphatic carbocycles. The maximum atomic E-state index is 13.1. The number of halogens is 3. The first-order chi connectivity index (χ1) is 16.4. The molecule has 2 aromatic rings. The van der Waals surface area contributed by atoms with Crippen molar-refractivity contribution in [3.05, 3.63) is 67.7 Å². The smallest absolute Gasteiger partial charge is 0.173 e. The summed E-state index contributed by atoms with van der Waals surface area (Å²) in [7, 11) is 0. The van der Waals surface area contributed by atoms with Crippen LogP contribution in [0.25, 0.3) is 0 Å². The Morgan fingerprint density at radius 3 is 2.32 bits per heavy atom. The predicted octanol–water partition coefficient (Wildman–Crippen LogP) is 6.18. The molecule has 180 valence electrons. The van der Waals surface area contributed by atoms with E-state index >= 15 is 0 Å². The number of thioether (sulfide) groups is 1. The quantitative estimate of drug-likeness (QED) is 0.490. The molecule has 2 aliphatic heterocycles. The van der Waals surface area contributed by atoms with Crippen LogP contribution >= 0.6 is 46.6 Å². The minimum Gasteiger partial charge on any atom is -0.511 e. The fourth-order valence-corrected chi connectivity index (χ4v) is 6.75. The number of allylic oxidation sites excluding steroid dienone is 2. The molecule has 3 aliphatic rings. The van der Waals surface area contributed by atoms with Crippen molar-refractivity contribution in [2.24, 2.45) is 0 Å². The molecule has 34 heavy (non-hydrogen) atoms. The van der Waals surface area contributed by atoms with Crippen molar-refractivity contribution in [2.75, 3.05) is 44.3 Å². The number of carbonyl (C=O) groups excluding carboxylic acids is 1. The number of rotatable bonds is 5. The zero-order chi connectivity index (χ0) is 23.8. The Bertz CT molecular complexity index is 1130. The fourth-order valence-electron chi connectivity index (χ4n) is 4.77. The summed E-state index contributed by atoms with van der Waals surface area (Å²) in [4.78, 5) is 18.9. The summed E-state index contributed by atoms with van der Waals surface area (Å²) in [5.74, 6) is -0.357. The number of hydrogen-bond donors (Lipinski definition) is 1. The fraction of sp³-hybridized carbons (Fsp3) is 0.400. The van der Waals surface area contributed by atoms with Gasteiger partial charge < -0.3 is 14.7 Å². The highest BCUT2D eigenvalue weighted by atomic mass is 35.5. The Kier molecular flexibility index (Phi) is 7.35. The number of piperazine rings is 1. The van der Waals surface area contributed by atoms with Crippen LogP contribution in [0.15, 0.2) is 52.0 Å². The second kappa shape index (κ2) is 10.3. The van der Waals surface area contributed by atoms with E-state index in [1.807, 2.05) is 30.3 Å². The van der Waals surface area contributed by atoms with E-state index in [4.69, 9.17) is 39.5 Å². The summed E-state index contributed by atoms with van der Waals surface area (Å²) in [5, 5.41) is 12.5. The van der Waals surface area contributed by atoms with Crippen molar-refractivity contribution in [3.63, 3.8) is 0 Å². The van der Waals surface area contributed by atoms with Gasteiger partial charge in [0.1, 0.15) is 5.76 Å². The van der Waals surface area contributed by atoms with Gasteiger partial charge in [0.25, 0.3) is 0 Å². The molecule has 0 radical (unpaired) electrons. The lowest BCUT2D eigenvalue weighted by Crippen LogP contribution is -2.56. The van der Waals surface area contributed by atoms with Crippen molar-refractivity contribution in [2.45, 2.75) is 29.7 Å². The number of anilines is 1. The largest absolute Gasteiger partial charge is 0.511 e. The van der Waals surface area contributed by atoms with Gasteiger partial charge in [-0.25, -0.2) is 0 Å². The topological polar surface area (TPSA) is 53.0 Å². The van der Waals surface area contributed by atoms with Gasteiger partial charge in [-0.15, -0.1) is 0 Å². The Morgan fingerprint density at radius 1 is 0.941 bits per heavy atom. The molecule has 2 heterocycles. The van der Waals surface area contributed by atoms with E-state index < -0.39 is 0 Å². The van der Waals surface area contributed by atoms with Gasteiger partial charge in [0, 0.05) is 54.9 Å². The third-order valence-electron chi connectivity index (χ3n) is 6.74. The highest BCUT2D eigenvalue weighted by Gasteiger charge is 2.34. The van der Waals surface area contributed by atoms with Crippen LogP contribution in [-0.2, 0) is 9.53 Å². The average molecular weight is 540 g/mol. The second-order valence-electron chi connectivity index (χ2n) is 8.85. The highest BCUT2D eigenvalue weighted by molar-refractivity contribution is 8.04. The maximum absolute atomic E-state index is 13.1. The Morgan fingerprint density at radius 2 is 1.68 bits per heavy atom. The minimum absolute atomic E-state index is 0.0556. The van der Waals surface area contributed by atoms with Crippen LogP contribution in [0.2, 0.25) is 15.1 Å². The van der Waals surface area contributed by atoms with Crippen molar-refractivity contribution >= 4 is 58.0 Å². The van der Waals surface area contributed by atoms with Crippen LogP contribution in [0.3, 0.4) is 0 Å². The molecule has 1 unspecified atom stereocenters. The van der Waals surface area contributed by atoms with Gasteiger partial charge >= 0.3 is 0 Å². The molecule has 5 rings (SSSR count). The van der Waals surface area contributed by atoms with E-state index in [9.17, 15) is 9.90 Å². The number of hydrogen-bond acceptors (Lipinski definition) is 6. The summed E-state index contributed by atoms with van der Waals surface area (Å²) in [6.45, 7) is 5.27. The summed E-state index contributed by atoms with van der Waals surface area (Å²) < 4.78 is 5.33. The van der Waals surface area contributed by atoms with Crippen LogP contribution in [0.5, 0.6) is 0 Å². The lowest BCUT2D eigenvalue weighted by atomic mass is 9.85. The van der Waals surface area contributed by atoms with Crippen LogP contribution in [0.4, 0.5) is 5.69 Å². The molecular formula is C25H25Cl3N2O3S. The molecule has 2 saturated heterocycles. The van der Waals surface area contributed by atoms with Crippen molar-refractivity contribution in [1.82, 2.24) is 4.90 Å². The van der Waals surface area contributed by atoms with Gasteiger partial charge in [-0.3, -0.25) is 9.69 Å². The van der Waals surface area contributed by atoms with Gasteiger partial charge in [-0.05, 0) is 29.8 Å². The second-order valence-corrected chi connectivity index (χ2v) is 11.1. The van der Waals surface area contributed by atoms with Crippen molar-refractivity contribution < 1.29 is 14.6 Å². The van der Waals surface area contributed by atoms with E-state index in [1.54, 1.807) is 6.07 Å². The number of ether oxygens (including phenoxy) is 1. The van der Waals surface area contributed by atoms with Gasteiger partial charge in [-0.1, -0.05) is 58.7 Å². The number of aliphatic hydroxyl groups is 1. The van der Waals surface area contributed by atoms with E-state index in [2.05, 4.69) is 9.80 Å². The molecule has 1 atom stereocenters. The third-order valence-corrected chi connectivity index (χ3v) is 9.15. The first-order valence-corrected chi connectivity index (χ1v) is 13.3. The molecule has 0 aromatic heterocycles. The molecule has 0 spiro atoms. The number of nitrogens with zero attached hydrogens (tertiary/aromatic N) is 2. The molecule has 2 fully saturated rings. The van der Waals surface area contributed by atoms with Crippen molar-refractivity contribution in [1.29, 1.82) is 0 Å². The molecule has 0 bridgehead atoms. The number of carbonyl (C=O) groups is 1. The zero-order valence-corrected chi connectivity index (χ0v) is 21.6. The monoisotopic (exact) mass is 538 g/mol. The first kappa shape index (κ1) is 24.3. The zero-order valence-electron chi connectivity index (χ0n) is 18.5. The number of aliphatic hydroxyl groups excluding tert-OH is 1. The predicted molar refractivity (Wildman–Crippen MR) is 139 cm³/mol. The van der Waals surface area contributed by atoms with E-state index in [-0.39, 0.29) is 23.9 Å². The van der Waals surface area contributed by atoms with Crippen LogP contribution in [0, 0.1) is 0 Å². The van der Waals surface area contributed by atoms with Gasteiger partial charge in [-0.2, -0.15) is 0 Å². The average Bonchev–Trinajstić information content (AvgIpc) is 2.77. The molecule has 0 saturated carbocycles. The molecular weight excluding hydrogens is 515 g/mol.